The normalized spacial score (nSPS) is 15.7. The molecule has 8 heteroatoms. The number of aromatic nitrogens is 3. The molecule has 0 fully saturated rings. The number of ether oxygens (including phenoxy) is 2. The number of carbonyl (C=O) groups excluding carboxylic acids is 1. The maximum Gasteiger partial charge on any atom is 0.226 e. The number of carbonyl (C=O) groups is 1. The van der Waals surface area contributed by atoms with Crippen LogP contribution in [0.5, 0.6) is 11.5 Å². The number of rotatable bonds is 5. The van der Waals surface area contributed by atoms with Gasteiger partial charge in [-0.2, -0.15) is 9.78 Å². The molecule has 0 spiro atoms. The average Bonchev–Trinajstić information content (AvgIpc) is 3.34. The number of thiazole rings is 1. The van der Waals surface area contributed by atoms with Crippen LogP contribution in [0.15, 0.2) is 42.5 Å². The summed E-state index contributed by atoms with van der Waals surface area (Å²) in [7, 11) is 1.63. The van der Waals surface area contributed by atoms with Crippen molar-refractivity contribution < 1.29 is 14.3 Å². The Morgan fingerprint density at radius 2 is 2.00 bits per heavy atom. The van der Waals surface area contributed by atoms with Gasteiger partial charge in [-0.1, -0.05) is 29.5 Å². The van der Waals surface area contributed by atoms with Crippen LogP contribution < -0.4 is 14.8 Å². The zero-order valence-electron chi connectivity index (χ0n) is 18.4. The van der Waals surface area contributed by atoms with E-state index < -0.39 is 0 Å². The topological polar surface area (TPSA) is 78.3 Å². The summed E-state index contributed by atoms with van der Waals surface area (Å²) in [4.78, 5) is 17.4. The van der Waals surface area contributed by atoms with E-state index in [0.717, 1.165) is 32.2 Å². The van der Waals surface area contributed by atoms with Crippen molar-refractivity contribution in [1.82, 2.24) is 14.8 Å². The van der Waals surface area contributed by atoms with E-state index in [-0.39, 0.29) is 17.9 Å². The van der Waals surface area contributed by atoms with Gasteiger partial charge in [-0.05, 0) is 50.6 Å². The van der Waals surface area contributed by atoms with Crippen LogP contribution in [0.3, 0.4) is 0 Å². The molecule has 32 heavy (non-hydrogen) atoms. The summed E-state index contributed by atoms with van der Waals surface area (Å²) < 4.78 is 14.3. The number of nitrogens with one attached hydrogen (secondary N) is 1. The van der Waals surface area contributed by atoms with Crippen LogP contribution in [0.25, 0.3) is 15.3 Å². The third kappa shape index (κ3) is 3.50. The number of aryl methyl sites for hydroxylation is 1. The zero-order chi connectivity index (χ0) is 22.4. The molecule has 1 aliphatic heterocycles. The van der Waals surface area contributed by atoms with Crippen LogP contribution in [0.2, 0.25) is 0 Å². The van der Waals surface area contributed by atoms with Crippen LogP contribution in [-0.4, -0.2) is 33.9 Å². The van der Waals surface area contributed by atoms with Crippen LogP contribution in [0.4, 0.5) is 5.82 Å². The number of hydrogen-bond donors (Lipinski definition) is 1. The van der Waals surface area contributed by atoms with E-state index in [2.05, 4.69) is 5.32 Å². The van der Waals surface area contributed by atoms with Crippen molar-refractivity contribution in [2.75, 3.05) is 12.4 Å². The fraction of sp³-hybridized carbons (Fsp3) is 0.292. The standard InChI is InChI=1S/C24H24N4O3S/c1-13(2)31-18-10-9-15(11-19(18)30-4)16-12-21(29)26-23-22(16)14(3)27-28(23)24-25-17-7-5-6-8-20(17)32-24/h5-11,13,16H,12H2,1-4H3,(H,26,29). The summed E-state index contributed by atoms with van der Waals surface area (Å²) in [5.74, 6) is 1.84. The van der Waals surface area contributed by atoms with Crippen molar-refractivity contribution in [1.29, 1.82) is 0 Å². The van der Waals surface area contributed by atoms with Crippen molar-refractivity contribution >= 4 is 33.3 Å². The molecule has 1 aliphatic rings. The van der Waals surface area contributed by atoms with E-state index in [1.165, 1.54) is 0 Å². The van der Waals surface area contributed by atoms with E-state index in [0.29, 0.717) is 23.7 Å². The van der Waals surface area contributed by atoms with Gasteiger partial charge in [0.2, 0.25) is 11.0 Å². The minimum Gasteiger partial charge on any atom is -0.493 e. The summed E-state index contributed by atoms with van der Waals surface area (Å²) in [5, 5.41) is 8.52. The summed E-state index contributed by atoms with van der Waals surface area (Å²) in [6.45, 7) is 5.93. The number of para-hydroxylation sites is 1. The minimum absolute atomic E-state index is 0.0381. The fourth-order valence-electron chi connectivity index (χ4n) is 4.17. The Morgan fingerprint density at radius 3 is 2.75 bits per heavy atom. The molecule has 4 aromatic rings. The van der Waals surface area contributed by atoms with Crippen molar-refractivity contribution in [3.05, 3.63) is 59.3 Å². The maximum atomic E-state index is 12.7. The Hall–Kier alpha value is -3.39. The highest BCUT2D eigenvalue weighted by molar-refractivity contribution is 7.20. The monoisotopic (exact) mass is 448 g/mol. The number of methoxy groups -OCH3 is 1. The molecule has 7 nitrogen and oxygen atoms in total. The van der Waals surface area contributed by atoms with Gasteiger partial charge in [0.05, 0.1) is 29.1 Å². The molecule has 0 bridgehead atoms. The Labute approximate surface area is 190 Å². The largest absolute Gasteiger partial charge is 0.493 e. The quantitative estimate of drug-likeness (QED) is 0.462. The zero-order valence-corrected chi connectivity index (χ0v) is 19.2. The van der Waals surface area contributed by atoms with Gasteiger partial charge >= 0.3 is 0 Å². The second-order valence-electron chi connectivity index (χ2n) is 8.11. The van der Waals surface area contributed by atoms with Crippen LogP contribution in [0, 0.1) is 6.92 Å². The molecule has 164 valence electrons. The Balaban J connectivity index is 1.60. The van der Waals surface area contributed by atoms with Gasteiger partial charge in [0.15, 0.2) is 11.5 Å². The molecular weight excluding hydrogens is 424 g/mol. The molecule has 1 N–H and O–H groups in total. The number of hydrogen-bond acceptors (Lipinski definition) is 6. The third-order valence-corrected chi connectivity index (χ3v) is 6.53. The lowest BCUT2D eigenvalue weighted by Crippen LogP contribution is -2.25. The molecule has 2 aromatic heterocycles. The molecule has 5 rings (SSSR count). The Morgan fingerprint density at radius 1 is 1.19 bits per heavy atom. The molecule has 0 aliphatic carbocycles. The molecule has 3 heterocycles. The highest BCUT2D eigenvalue weighted by Gasteiger charge is 2.33. The number of benzene rings is 2. The first-order chi connectivity index (χ1) is 15.4. The van der Waals surface area contributed by atoms with E-state index in [4.69, 9.17) is 19.6 Å². The number of fused-ring (bicyclic) bond motifs is 2. The Kier molecular flexibility index (Phi) is 5.09. The lowest BCUT2D eigenvalue weighted by atomic mass is 9.85. The molecule has 2 aromatic carbocycles. The Bertz CT molecular complexity index is 1290. The van der Waals surface area contributed by atoms with Gasteiger partial charge in [-0.15, -0.1) is 0 Å². The first kappa shape index (κ1) is 20.5. The van der Waals surface area contributed by atoms with Gasteiger partial charge in [0, 0.05) is 17.9 Å². The predicted octanol–water partition coefficient (Wildman–Crippen LogP) is 5.06. The summed E-state index contributed by atoms with van der Waals surface area (Å²) in [5.41, 5.74) is 3.77. The van der Waals surface area contributed by atoms with Crippen LogP contribution >= 0.6 is 11.3 Å². The number of nitrogens with zero attached hydrogens (tertiary/aromatic N) is 3. The molecule has 0 saturated heterocycles. The lowest BCUT2D eigenvalue weighted by molar-refractivity contribution is -0.116. The smallest absolute Gasteiger partial charge is 0.226 e. The van der Waals surface area contributed by atoms with Crippen LogP contribution in [0.1, 0.15) is 43.0 Å². The van der Waals surface area contributed by atoms with E-state index in [1.807, 2.05) is 63.2 Å². The maximum absolute atomic E-state index is 12.7. The second-order valence-corrected chi connectivity index (χ2v) is 9.11. The predicted molar refractivity (Wildman–Crippen MR) is 125 cm³/mol. The van der Waals surface area contributed by atoms with E-state index in [9.17, 15) is 4.79 Å². The minimum atomic E-state index is -0.135. The third-order valence-electron chi connectivity index (χ3n) is 5.52. The van der Waals surface area contributed by atoms with Gasteiger partial charge in [-0.3, -0.25) is 4.79 Å². The number of amides is 1. The summed E-state index contributed by atoms with van der Waals surface area (Å²) in [6.07, 6.45) is 0.378. The van der Waals surface area contributed by atoms with Gasteiger partial charge in [0.25, 0.3) is 0 Å². The van der Waals surface area contributed by atoms with E-state index >= 15 is 0 Å². The summed E-state index contributed by atoms with van der Waals surface area (Å²) in [6, 6.07) is 13.8. The van der Waals surface area contributed by atoms with Gasteiger partial charge in [-0.25, -0.2) is 4.98 Å². The highest BCUT2D eigenvalue weighted by Crippen LogP contribution is 2.43. The fourth-order valence-corrected chi connectivity index (χ4v) is 5.10. The van der Waals surface area contributed by atoms with Gasteiger partial charge in [0.1, 0.15) is 5.82 Å². The average molecular weight is 449 g/mol. The summed E-state index contributed by atoms with van der Waals surface area (Å²) >= 11 is 1.55. The van der Waals surface area contributed by atoms with Crippen molar-refractivity contribution in [2.45, 2.75) is 39.2 Å². The van der Waals surface area contributed by atoms with Crippen molar-refractivity contribution in [3.63, 3.8) is 0 Å². The molecule has 1 atom stereocenters. The van der Waals surface area contributed by atoms with Crippen molar-refractivity contribution in [2.24, 2.45) is 0 Å². The molecular formula is C24H24N4O3S. The molecule has 0 radical (unpaired) electrons. The molecule has 1 unspecified atom stereocenters. The van der Waals surface area contributed by atoms with Gasteiger partial charge < -0.3 is 14.8 Å². The lowest BCUT2D eigenvalue weighted by Gasteiger charge is -2.25. The van der Waals surface area contributed by atoms with Crippen molar-refractivity contribution in [3.8, 4) is 16.6 Å². The SMILES string of the molecule is COc1cc(C2CC(=O)Nc3c2c(C)nn3-c2nc3ccccc3s2)ccc1OC(C)C. The molecule has 0 saturated carbocycles. The first-order valence-corrected chi connectivity index (χ1v) is 11.4. The van der Waals surface area contributed by atoms with Crippen LogP contribution in [-0.2, 0) is 4.79 Å². The molecule has 1 amide bonds. The number of anilines is 1. The highest BCUT2D eigenvalue weighted by atomic mass is 32.1. The first-order valence-electron chi connectivity index (χ1n) is 10.5. The van der Waals surface area contributed by atoms with E-state index in [1.54, 1.807) is 23.1 Å². The second kappa shape index (κ2) is 7.94.